The molecule has 0 aliphatic carbocycles. The molecule has 2 N–H and O–H groups in total. The minimum Gasteiger partial charge on any atom is -0.494 e. The first-order chi connectivity index (χ1) is 13.6. The summed E-state index contributed by atoms with van der Waals surface area (Å²) in [5, 5.41) is 5.72. The minimum atomic E-state index is -0.553. The lowest BCUT2D eigenvalue weighted by Crippen LogP contribution is -2.49. The van der Waals surface area contributed by atoms with Gasteiger partial charge >= 0.3 is 12.0 Å². The third kappa shape index (κ3) is 4.84. The van der Waals surface area contributed by atoms with Crippen molar-refractivity contribution in [2.24, 2.45) is 0 Å². The Labute approximate surface area is 166 Å². The van der Waals surface area contributed by atoms with E-state index in [0.29, 0.717) is 24.4 Å². The Morgan fingerprint density at radius 2 is 1.82 bits per heavy atom. The number of esters is 1. The number of rotatable bonds is 7. The van der Waals surface area contributed by atoms with Gasteiger partial charge in [0.25, 0.3) is 0 Å². The maximum atomic E-state index is 12.8. The zero-order valence-electron chi connectivity index (χ0n) is 16.6. The van der Waals surface area contributed by atoms with Gasteiger partial charge in [0.2, 0.25) is 0 Å². The van der Waals surface area contributed by atoms with Crippen LogP contribution in [0.25, 0.3) is 0 Å². The van der Waals surface area contributed by atoms with Gasteiger partial charge in [-0.15, -0.1) is 0 Å². The molecule has 0 unspecified atom stereocenters. The molecule has 152 valence electrons. The van der Waals surface area contributed by atoms with Crippen molar-refractivity contribution in [2.45, 2.75) is 39.2 Å². The summed E-state index contributed by atoms with van der Waals surface area (Å²) in [7, 11) is 0. The molecule has 28 heavy (non-hydrogen) atoms. The maximum absolute atomic E-state index is 12.8. The van der Waals surface area contributed by atoms with Crippen LogP contribution in [0.3, 0.4) is 0 Å². The Kier molecular flexibility index (Phi) is 6.92. The van der Waals surface area contributed by atoms with Crippen LogP contribution in [0, 0.1) is 0 Å². The van der Waals surface area contributed by atoms with E-state index in [1.54, 1.807) is 6.92 Å². The largest absolute Gasteiger partial charge is 0.494 e. The van der Waals surface area contributed by atoms with Gasteiger partial charge < -0.3 is 20.1 Å². The first kappa shape index (κ1) is 20.2. The second-order valence-corrected chi connectivity index (χ2v) is 6.98. The van der Waals surface area contributed by atoms with Crippen LogP contribution < -0.4 is 15.4 Å². The first-order valence-corrected chi connectivity index (χ1v) is 10.0. The number of nitrogens with zero attached hydrogens (tertiary/aromatic N) is 1. The molecule has 0 radical (unpaired) electrons. The van der Waals surface area contributed by atoms with Crippen LogP contribution in [0.5, 0.6) is 5.75 Å². The molecular formula is C21H29N3O4. The number of piperidine rings is 1. The Hall–Kier alpha value is -2.54. The molecule has 2 aliphatic rings. The zero-order valence-corrected chi connectivity index (χ0v) is 16.6. The number of hydrogen-bond acceptors (Lipinski definition) is 5. The van der Waals surface area contributed by atoms with E-state index in [1.165, 1.54) is 6.42 Å². The van der Waals surface area contributed by atoms with Crippen LogP contribution >= 0.6 is 0 Å². The van der Waals surface area contributed by atoms with Crippen molar-refractivity contribution < 1.29 is 19.1 Å². The van der Waals surface area contributed by atoms with Crippen LogP contribution in [0.2, 0.25) is 0 Å². The number of urea groups is 1. The summed E-state index contributed by atoms with van der Waals surface area (Å²) in [6.45, 7) is 7.04. The molecular weight excluding hydrogens is 358 g/mol. The normalized spacial score (nSPS) is 20.4. The lowest BCUT2D eigenvalue weighted by atomic mass is 9.94. The van der Waals surface area contributed by atoms with E-state index in [-0.39, 0.29) is 12.6 Å². The van der Waals surface area contributed by atoms with Crippen LogP contribution in [0.4, 0.5) is 4.79 Å². The van der Waals surface area contributed by atoms with Crippen LogP contribution in [0.15, 0.2) is 35.5 Å². The Morgan fingerprint density at radius 1 is 1.11 bits per heavy atom. The third-order valence-electron chi connectivity index (χ3n) is 5.00. The van der Waals surface area contributed by atoms with Crippen molar-refractivity contribution in [2.75, 3.05) is 32.8 Å². The molecule has 0 saturated carbocycles. The predicted molar refractivity (Wildman–Crippen MR) is 106 cm³/mol. The summed E-state index contributed by atoms with van der Waals surface area (Å²) >= 11 is 0. The highest BCUT2D eigenvalue weighted by Crippen LogP contribution is 2.29. The van der Waals surface area contributed by atoms with E-state index in [2.05, 4.69) is 15.5 Å². The smallest absolute Gasteiger partial charge is 0.338 e. The molecule has 2 aliphatic heterocycles. The summed E-state index contributed by atoms with van der Waals surface area (Å²) in [4.78, 5) is 27.4. The number of carbonyl (C=O) groups is 2. The van der Waals surface area contributed by atoms with E-state index in [1.807, 2.05) is 31.2 Å². The van der Waals surface area contributed by atoms with Gasteiger partial charge in [0.1, 0.15) is 5.75 Å². The quantitative estimate of drug-likeness (QED) is 0.704. The molecule has 1 atom stereocenters. The summed E-state index contributed by atoms with van der Waals surface area (Å²) in [6, 6.07) is 6.58. The summed E-state index contributed by atoms with van der Waals surface area (Å²) in [5.74, 6) is 0.350. The number of hydrogen-bond donors (Lipinski definition) is 2. The highest BCUT2D eigenvalue weighted by molar-refractivity contribution is 5.95. The highest BCUT2D eigenvalue weighted by Gasteiger charge is 2.34. The van der Waals surface area contributed by atoms with Crippen molar-refractivity contribution in [1.29, 1.82) is 0 Å². The summed E-state index contributed by atoms with van der Waals surface area (Å²) < 4.78 is 10.8. The van der Waals surface area contributed by atoms with E-state index < -0.39 is 12.0 Å². The molecule has 7 heteroatoms. The molecule has 0 bridgehead atoms. The second kappa shape index (κ2) is 9.59. The van der Waals surface area contributed by atoms with E-state index >= 15 is 0 Å². The van der Waals surface area contributed by atoms with Gasteiger partial charge in [0.05, 0.1) is 24.8 Å². The number of benzene rings is 1. The predicted octanol–water partition coefficient (Wildman–Crippen LogP) is 2.74. The van der Waals surface area contributed by atoms with E-state index in [9.17, 15) is 9.59 Å². The molecule has 2 heterocycles. The standard InChI is InChI=1S/C21H29N3O4/c1-3-27-16-10-8-15(9-11-16)19-18(20(25)28-4-2)17(22-21(26)23-19)14-24-12-6-5-7-13-24/h8-11,19H,3-7,12-14H2,1-2H3,(H2,22,23,26)/t19-/m1/s1. The summed E-state index contributed by atoms with van der Waals surface area (Å²) in [6.07, 6.45) is 3.50. The Morgan fingerprint density at radius 3 is 2.46 bits per heavy atom. The number of amides is 2. The van der Waals surface area contributed by atoms with Gasteiger partial charge in [-0.2, -0.15) is 0 Å². The number of carbonyl (C=O) groups excluding carboxylic acids is 2. The number of ether oxygens (including phenoxy) is 2. The fourth-order valence-corrected chi connectivity index (χ4v) is 3.71. The molecule has 3 rings (SSSR count). The molecule has 2 amide bonds. The molecule has 0 aromatic heterocycles. The first-order valence-electron chi connectivity index (χ1n) is 10.0. The molecule has 1 aromatic carbocycles. The minimum absolute atomic E-state index is 0.281. The molecule has 1 aromatic rings. The topological polar surface area (TPSA) is 79.9 Å². The molecule has 0 spiro atoms. The number of likely N-dealkylation sites (tertiary alicyclic amines) is 1. The summed E-state index contributed by atoms with van der Waals surface area (Å²) in [5.41, 5.74) is 1.91. The van der Waals surface area contributed by atoms with Gasteiger partial charge in [0.15, 0.2) is 0 Å². The third-order valence-corrected chi connectivity index (χ3v) is 5.00. The van der Waals surface area contributed by atoms with Crippen molar-refractivity contribution >= 4 is 12.0 Å². The van der Waals surface area contributed by atoms with Crippen molar-refractivity contribution in [1.82, 2.24) is 15.5 Å². The van der Waals surface area contributed by atoms with Crippen LogP contribution in [-0.4, -0.2) is 49.7 Å². The fourth-order valence-electron chi connectivity index (χ4n) is 3.71. The highest BCUT2D eigenvalue weighted by atomic mass is 16.5. The second-order valence-electron chi connectivity index (χ2n) is 6.98. The van der Waals surface area contributed by atoms with Crippen molar-refractivity contribution in [3.8, 4) is 5.75 Å². The maximum Gasteiger partial charge on any atom is 0.338 e. The van der Waals surface area contributed by atoms with Gasteiger partial charge in [-0.05, 0) is 57.5 Å². The lowest BCUT2D eigenvalue weighted by Gasteiger charge is -2.33. The SMILES string of the molecule is CCOC(=O)C1=C(CN2CCCCC2)NC(=O)N[C@@H]1c1ccc(OCC)cc1. The molecule has 1 fully saturated rings. The fraction of sp³-hybridized carbons (Fsp3) is 0.524. The molecule has 1 saturated heterocycles. The lowest BCUT2D eigenvalue weighted by molar-refractivity contribution is -0.139. The Balaban J connectivity index is 1.93. The van der Waals surface area contributed by atoms with E-state index in [4.69, 9.17) is 9.47 Å². The van der Waals surface area contributed by atoms with Crippen molar-refractivity contribution in [3.05, 3.63) is 41.1 Å². The van der Waals surface area contributed by atoms with Gasteiger partial charge in [-0.25, -0.2) is 9.59 Å². The number of nitrogens with one attached hydrogen (secondary N) is 2. The van der Waals surface area contributed by atoms with Gasteiger partial charge in [0, 0.05) is 12.2 Å². The van der Waals surface area contributed by atoms with Gasteiger partial charge in [-0.3, -0.25) is 4.90 Å². The van der Waals surface area contributed by atoms with Crippen LogP contribution in [-0.2, 0) is 9.53 Å². The van der Waals surface area contributed by atoms with Gasteiger partial charge in [-0.1, -0.05) is 18.6 Å². The zero-order chi connectivity index (χ0) is 19.9. The monoisotopic (exact) mass is 387 g/mol. The van der Waals surface area contributed by atoms with Crippen molar-refractivity contribution in [3.63, 3.8) is 0 Å². The Bertz CT molecular complexity index is 724. The average molecular weight is 387 g/mol. The van der Waals surface area contributed by atoms with Crippen LogP contribution in [0.1, 0.15) is 44.7 Å². The molecule has 7 nitrogen and oxygen atoms in total. The average Bonchev–Trinajstić information content (AvgIpc) is 2.69. The van der Waals surface area contributed by atoms with E-state index in [0.717, 1.165) is 37.2 Å².